The van der Waals surface area contributed by atoms with Crippen LogP contribution in [-0.2, 0) is 4.79 Å². The Balaban J connectivity index is 1.65. The van der Waals surface area contributed by atoms with Gasteiger partial charge in [-0.05, 0) is 30.5 Å². The van der Waals surface area contributed by atoms with Crippen molar-refractivity contribution in [3.05, 3.63) is 34.3 Å². The van der Waals surface area contributed by atoms with Gasteiger partial charge in [-0.1, -0.05) is 53.7 Å². The highest BCUT2D eigenvalue weighted by Crippen LogP contribution is 2.27. The number of hydrazine groups is 1. The average Bonchev–Trinajstić information content (AvgIpc) is 2.87. The van der Waals surface area contributed by atoms with E-state index in [4.69, 9.17) is 0 Å². The van der Waals surface area contributed by atoms with Crippen molar-refractivity contribution in [3.63, 3.8) is 0 Å². The topological polar surface area (TPSA) is 53.2 Å². The third-order valence-electron chi connectivity index (χ3n) is 4.73. The molecule has 1 amide bonds. The van der Waals surface area contributed by atoms with E-state index >= 15 is 0 Å². The van der Waals surface area contributed by atoms with E-state index in [1.807, 2.05) is 12.1 Å². The first-order valence-electron chi connectivity index (χ1n) is 8.28. The Morgan fingerprint density at radius 2 is 1.95 bits per heavy atom. The number of hydrogen-bond donors (Lipinski definition) is 3. The largest absolute Gasteiger partial charge is 0.353 e. The number of carbonyl (C=O) groups is 1. The van der Waals surface area contributed by atoms with Crippen LogP contribution >= 0.6 is 15.9 Å². The van der Waals surface area contributed by atoms with E-state index in [9.17, 15) is 4.79 Å². The molecule has 2 aliphatic rings. The molecule has 0 bridgehead atoms. The average molecular weight is 366 g/mol. The van der Waals surface area contributed by atoms with Gasteiger partial charge in [0.1, 0.15) is 0 Å². The smallest absolute Gasteiger partial charge is 0.226 e. The van der Waals surface area contributed by atoms with E-state index in [1.54, 1.807) is 0 Å². The normalized spacial score (nSPS) is 26.6. The lowest BCUT2D eigenvalue weighted by molar-refractivity contribution is -0.125. The van der Waals surface area contributed by atoms with E-state index in [2.05, 4.69) is 44.2 Å². The quantitative estimate of drug-likeness (QED) is 0.721. The molecule has 5 heteroatoms. The zero-order chi connectivity index (χ0) is 15.4. The molecule has 2 atom stereocenters. The van der Waals surface area contributed by atoms with Crippen molar-refractivity contribution in [1.82, 2.24) is 16.2 Å². The molecule has 3 rings (SSSR count). The molecular formula is C17H24BrN3O. The molecule has 1 heterocycles. The summed E-state index contributed by atoms with van der Waals surface area (Å²) in [6, 6.07) is 8.56. The molecule has 0 aromatic heterocycles. The van der Waals surface area contributed by atoms with Crippen LogP contribution in [0.15, 0.2) is 28.7 Å². The molecule has 1 aliphatic carbocycles. The second kappa shape index (κ2) is 7.57. The molecule has 1 saturated carbocycles. The molecule has 2 fully saturated rings. The van der Waals surface area contributed by atoms with E-state index in [1.165, 1.54) is 25.7 Å². The Bertz CT molecular complexity index is 514. The molecule has 1 aliphatic heterocycles. The molecule has 3 N–H and O–H groups in total. The Labute approximate surface area is 140 Å². The van der Waals surface area contributed by atoms with Crippen LogP contribution in [0.2, 0.25) is 0 Å². The van der Waals surface area contributed by atoms with Gasteiger partial charge in [0.05, 0.1) is 12.0 Å². The van der Waals surface area contributed by atoms with Gasteiger partial charge in [-0.3, -0.25) is 10.2 Å². The standard InChI is InChI=1S/C17H24BrN3O/c18-13-7-5-6-12(10-13)16-15(11-19-21-16)17(22)20-14-8-3-1-2-4-9-14/h5-7,10,14-16,19,21H,1-4,8-9,11H2,(H,20,22). The number of benzene rings is 1. The summed E-state index contributed by atoms with van der Waals surface area (Å²) >= 11 is 3.51. The Morgan fingerprint density at radius 1 is 1.18 bits per heavy atom. The number of amides is 1. The summed E-state index contributed by atoms with van der Waals surface area (Å²) in [7, 11) is 0. The minimum atomic E-state index is -0.0578. The lowest BCUT2D eigenvalue weighted by Gasteiger charge is -2.22. The predicted octanol–water partition coefficient (Wildman–Crippen LogP) is 3.05. The molecule has 22 heavy (non-hydrogen) atoms. The van der Waals surface area contributed by atoms with Crippen LogP contribution in [0.3, 0.4) is 0 Å². The predicted molar refractivity (Wildman–Crippen MR) is 91.1 cm³/mol. The summed E-state index contributed by atoms with van der Waals surface area (Å²) in [5, 5.41) is 3.28. The Kier molecular flexibility index (Phi) is 5.50. The Morgan fingerprint density at radius 3 is 2.68 bits per heavy atom. The first-order valence-corrected chi connectivity index (χ1v) is 9.07. The lowest BCUT2D eigenvalue weighted by Crippen LogP contribution is -2.41. The van der Waals surface area contributed by atoms with Crippen molar-refractivity contribution in [2.75, 3.05) is 6.54 Å². The highest BCUT2D eigenvalue weighted by atomic mass is 79.9. The summed E-state index contributed by atoms with van der Waals surface area (Å²) in [6.45, 7) is 0.676. The monoisotopic (exact) mass is 365 g/mol. The van der Waals surface area contributed by atoms with Gasteiger partial charge in [-0.25, -0.2) is 5.43 Å². The summed E-state index contributed by atoms with van der Waals surface area (Å²) in [4.78, 5) is 12.7. The fraction of sp³-hybridized carbons (Fsp3) is 0.588. The van der Waals surface area contributed by atoms with Crippen molar-refractivity contribution in [1.29, 1.82) is 0 Å². The third-order valence-corrected chi connectivity index (χ3v) is 5.22. The van der Waals surface area contributed by atoms with Gasteiger partial charge in [0.2, 0.25) is 5.91 Å². The second-order valence-corrected chi connectivity index (χ2v) is 7.28. The van der Waals surface area contributed by atoms with E-state index < -0.39 is 0 Å². The van der Waals surface area contributed by atoms with Gasteiger partial charge in [-0.15, -0.1) is 0 Å². The third kappa shape index (κ3) is 3.89. The summed E-state index contributed by atoms with van der Waals surface area (Å²) in [5.74, 6) is 0.118. The van der Waals surface area contributed by atoms with Crippen LogP contribution in [0.25, 0.3) is 0 Å². The molecule has 1 aromatic rings. The van der Waals surface area contributed by atoms with Crippen LogP contribution in [0.5, 0.6) is 0 Å². The van der Waals surface area contributed by atoms with Gasteiger partial charge in [0, 0.05) is 17.1 Å². The summed E-state index contributed by atoms with van der Waals surface area (Å²) < 4.78 is 1.04. The van der Waals surface area contributed by atoms with Crippen molar-refractivity contribution in [2.45, 2.75) is 50.6 Å². The number of halogens is 1. The van der Waals surface area contributed by atoms with Crippen LogP contribution < -0.4 is 16.2 Å². The molecule has 1 aromatic carbocycles. The number of nitrogens with one attached hydrogen (secondary N) is 3. The van der Waals surface area contributed by atoms with E-state index in [0.717, 1.165) is 22.9 Å². The zero-order valence-electron chi connectivity index (χ0n) is 12.8. The Hall–Kier alpha value is -0.910. The maximum Gasteiger partial charge on any atom is 0.226 e. The van der Waals surface area contributed by atoms with E-state index in [-0.39, 0.29) is 17.9 Å². The molecular weight excluding hydrogens is 342 g/mol. The molecule has 0 radical (unpaired) electrons. The van der Waals surface area contributed by atoms with Gasteiger partial charge in [0.15, 0.2) is 0 Å². The molecule has 2 unspecified atom stereocenters. The highest BCUT2D eigenvalue weighted by Gasteiger charge is 2.34. The molecule has 4 nitrogen and oxygen atoms in total. The highest BCUT2D eigenvalue weighted by molar-refractivity contribution is 9.10. The van der Waals surface area contributed by atoms with E-state index in [0.29, 0.717) is 12.6 Å². The van der Waals surface area contributed by atoms with Crippen molar-refractivity contribution in [3.8, 4) is 0 Å². The van der Waals surface area contributed by atoms with Crippen molar-refractivity contribution in [2.24, 2.45) is 5.92 Å². The molecule has 1 saturated heterocycles. The number of rotatable bonds is 3. The second-order valence-electron chi connectivity index (χ2n) is 6.36. The maximum atomic E-state index is 12.7. The fourth-order valence-electron chi connectivity index (χ4n) is 3.49. The van der Waals surface area contributed by atoms with Gasteiger partial charge < -0.3 is 5.32 Å². The fourth-order valence-corrected chi connectivity index (χ4v) is 3.91. The van der Waals surface area contributed by atoms with Crippen LogP contribution in [0.4, 0.5) is 0 Å². The van der Waals surface area contributed by atoms with Crippen molar-refractivity contribution >= 4 is 21.8 Å². The zero-order valence-corrected chi connectivity index (χ0v) is 14.4. The first-order chi connectivity index (χ1) is 10.7. The lowest BCUT2D eigenvalue weighted by atomic mass is 9.93. The SMILES string of the molecule is O=C(NC1CCCCCC1)C1CNNC1c1cccc(Br)c1. The van der Waals surface area contributed by atoms with Crippen LogP contribution in [0, 0.1) is 5.92 Å². The number of carbonyl (C=O) groups excluding carboxylic acids is 1. The van der Waals surface area contributed by atoms with Crippen molar-refractivity contribution < 1.29 is 4.79 Å². The minimum absolute atomic E-state index is 0.0308. The summed E-state index contributed by atoms with van der Waals surface area (Å²) in [5.41, 5.74) is 7.53. The maximum absolute atomic E-state index is 12.7. The molecule has 120 valence electrons. The van der Waals surface area contributed by atoms with Gasteiger partial charge in [-0.2, -0.15) is 0 Å². The summed E-state index contributed by atoms with van der Waals surface area (Å²) in [6.07, 6.45) is 7.34. The molecule has 0 spiro atoms. The number of hydrogen-bond acceptors (Lipinski definition) is 3. The van der Waals surface area contributed by atoms with Crippen LogP contribution in [-0.4, -0.2) is 18.5 Å². The first kappa shape index (κ1) is 16.0. The van der Waals surface area contributed by atoms with Crippen LogP contribution in [0.1, 0.15) is 50.1 Å². The van der Waals surface area contributed by atoms with Gasteiger partial charge in [0.25, 0.3) is 0 Å². The van der Waals surface area contributed by atoms with Gasteiger partial charge >= 0.3 is 0 Å². The minimum Gasteiger partial charge on any atom is -0.353 e.